The molecule has 74 valence electrons. The second-order valence-electron chi connectivity index (χ2n) is 3.15. The van der Waals surface area contributed by atoms with Gasteiger partial charge >= 0.3 is 0 Å². The molecule has 0 saturated carbocycles. The van der Waals surface area contributed by atoms with E-state index in [0.717, 1.165) is 40.3 Å². The minimum Gasteiger partial charge on any atom is -0.370 e. The fourth-order valence-corrected chi connectivity index (χ4v) is 2.04. The third kappa shape index (κ3) is 1.96. The van der Waals surface area contributed by atoms with Crippen LogP contribution in [-0.2, 0) is 0 Å². The molecule has 0 spiro atoms. The Morgan fingerprint density at radius 3 is 3.00 bits per heavy atom. The SMILES string of the molecule is Sc1c(Br)cccc1C1=NCCCN1. The Kier molecular flexibility index (Phi) is 3.13. The Morgan fingerprint density at radius 2 is 2.29 bits per heavy atom. The largest absolute Gasteiger partial charge is 0.370 e. The van der Waals surface area contributed by atoms with Crippen molar-refractivity contribution in [3.8, 4) is 0 Å². The number of aliphatic imine (C=N–C) groups is 1. The maximum absolute atomic E-state index is 4.45. The van der Waals surface area contributed by atoms with Gasteiger partial charge in [-0.15, -0.1) is 12.6 Å². The average Bonchev–Trinajstić information content (AvgIpc) is 2.23. The van der Waals surface area contributed by atoms with Crippen molar-refractivity contribution in [2.75, 3.05) is 13.1 Å². The third-order valence-electron chi connectivity index (χ3n) is 2.14. The number of rotatable bonds is 1. The molecule has 4 heteroatoms. The van der Waals surface area contributed by atoms with Gasteiger partial charge in [-0.25, -0.2) is 0 Å². The van der Waals surface area contributed by atoms with Crippen LogP contribution in [0.3, 0.4) is 0 Å². The number of amidine groups is 1. The van der Waals surface area contributed by atoms with Crippen LogP contribution in [0.5, 0.6) is 0 Å². The highest BCUT2D eigenvalue weighted by Crippen LogP contribution is 2.24. The van der Waals surface area contributed by atoms with Crippen molar-refractivity contribution in [3.05, 3.63) is 28.2 Å². The van der Waals surface area contributed by atoms with Crippen LogP contribution in [0, 0.1) is 0 Å². The number of nitrogens with zero attached hydrogens (tertiary/aromatic N) is 1. The first-order valence-corrected chi connectivity index (χ1v) is 5.79. The zero-order chi connectivity index (χ0) is 9.97. The van der Waals surface area contributed by atoms with Gasteiger partial charge in [-0.3, -0.25) is 4.99 Å². The summed E-state index contributed by atoms with van der Waals surface area (Å²) < 4.78 is 1.01. The van der Waals surface area contributed by atoms with E-state index in [2.05, 4.69) is 38.9 Å². The fourth-order valence-electron chi connectivity index (χ4n) is 1.42. The van der Waals surface area contributed by atoms with Crippen LogP contribution >= 0.6 is 28.6 Å². The van der Waals surface area contributed by atoms with E-state index >= 15 is 0 Å². The number of nitrogens with one attached hydrogen (secondary N) is 1. The van der Waals surface area contributed by atoms with Crippen LogP contribution in [0.1, 0.15) is 12.0 Å². The summed E-state index contributed by atoms with van der Waals surface area (Å²) in [6.07, 6.45) is 1.11. The maximum Gasteiger partial charge on any atom is 0.129 e. The van der Waals surface area contributed by atoms with Gasteiger partial charge in [0.25, 0.3) is 0 Å². The van der Waals surface area contributed by atoms with Gasteiger partial charge in [-0.05, 0) is 28.4 Å². The lowest BCUT2D eigenvalue weighted by molar-refractivity contribution is 0.741. The van der Waals surface area contributed by atoms with Crippen molar-refractivity contribution >= 4 is 34.4 Å². The van der Waals surface area contributed by atoms with Crippen LogP contribution in [-0.4, -0.2) is 18.9 Å². The summed E-state index contributed by atoms with van der Waals surface area (Å²) >= 11 is 7.91. The molecule has 1 aromatic carbocycles. The van der Waals surface area contributed by atoms with Crippen molar-refractivity contribution in [1.29, 1.82) is 0 Å². The molecule has 0 aromatic heterocycles. The molecule has 1 aliphatic rings. The van der Waals surface area contributed by atoms with E-state index < -0.39 is 0 Å². The molecule has 0 atom stereocenters. The summed E-state index contributed by atoms with van der Waals surface area (Å²) in [5.41, 5.74) is 1.07. The van der Waals surface area contributed by atoms with Gasteiger partial charge in [-0.2, -0.15) is 0 Å². The molecule has 0 unspecified atom stereocenters. The molecule has 2 rings (SSSR count). The normalized spacial score (nSPS) is 16.0. The summed E-state index contributed by atoms with van der Waals surface area (Å²) in [5.74, 6) is 0.961. The van der Waals surface area contributed by atoms with E-state index in [1.54, 1.807) is 0 Å². The van der Waals surface area contributed by atoms with Crippen molar-refractivity contribution in [2.45, 2.75) is 11.3 Å². The molecule has 1 aliphatic heterocycles. The monoisotopic (exact) mass is 270 g/mol. The van der Waals surface area contributed by atoms with Crippen molar-refractivity contribution < 1.29 is 0 Å². The summed E-state index contributed by atoms with van der Waals surface area (Å²) in [7, 11) is 0. The molecule has 0 amide bonds. The Morgan fingerprint density at radius 1 is 1.43 bits per heavy atom. The molecule has 0 saturated heterocycles. The zero-order valence-electron chi connectivity index (χ0n) is 7.63. The molecule has 14 heavy (non-hydrogen) atoms. The van der Waals surface area contributed by atoms with Gasteiger partial charge in [0.15, 0.2) is 0 Å². The average molecular weight is 271 g/mol. The van der Waals surface area contributed by atoms with Gasteiger partial charge < -0.3 is 5.32 Å². The van der Waals surface area contributed by atoms with Crippen LogP contribution in [0.15, 0.2) is 32.6 Å². The van der Waals surface area contributed by atoms with Gasteiger partial charge in [0.2, 0.25) is 0 Å². The summed E-state index contributed by atoms with van der Waals surface area (Å²) in [6.45, 7) is 1.90. The van der Waals surface area contributed by atoms with Crippen LogP contribution in [0.2, 0.25) is 0 Å². The highest BCUT2D eigenvalue weighted by Gasteiger charge is 2.11. The molecular weight excluding hydrogens is 260 g/mol. The predicted molar refractivity (Wildman–Crippen MR) is 65.4 cm³/mol. The molecular formula is C10H11BrN2S. The summed E-state index contributed by atoms with van der Waals surface area (Å²) in [5, 5.41) is 3.28. The van der Waals surface area contributed by atoms with E-state index in [9.17, 15) is 0 Å². The lowest BCUT2D eigenvalue weighted by Crippen LogP contribution is -2.30. The smallest absolute Gasteiger partial charge is 0.129 e. The van der Waals surface area contributed by atoms with Crippen LogP contribution < -0.4 is 5.32 Å². The van der Waals surface area contributed by atoms with E-state index in [1.165, 1.54) is 0 Å². The Hall–Kier alpha value is -0.480. The third-order valence-corrected chi connectivity index (χ3v) is 3.59. The number of benzene rings is 1. The quantitative estimate of drug-likeness (QED) is 0.753. The van der Waals surface area contributed by atoms with Gasteiger partial charge in [0.05, 0.1) is 0 Å². The molecule has 1 N–H and O–H groups in total. The summed E-state index contributed by atoms with van der Waals surface area (Å²) in [4.78, 5) is 5.38. The van der Waals surface area contributed by atoms with E-state index in [0.29, 0.717) is 0 Å². The first-order chi connectivity index (χ1) is 6.79. The first-order valence-electron chi connectivity index (χ1n) is 4.55. The standard InChI is InChI=1S/C10H11BrN2S/c11-8-4-1-3-7(9(8)14)10-12-5-2-6-13-10/h1,3-4,14H,2,5-6H2,(H,12,13). The number of hydrogen-bond acceptors (Lipinski definition) is 3. The Balaban J connectivity index is 2.40. The van der Waals surface area contributed by atoms with Crippen molar-refractivity contribution in [1.82, 2.24) is 5.32 Å². The molecule has 0 aliphatic carbocycles. The number of thiol groups is 1. The molecule has 1 heterocycles. The topological polar surface area (TPSA) is 24.4 Å². The highest BCUT2D eigenvalue weighted by atomic mass is 79.9. The van der Waals surface area contributed by atoms with Gasteiger partial charge in [0.1, 0.15) is 5.84 Å². The molecule has 0 bridgehead atoms. The second-order valence-corrected chi connectivity index (χ2v) is 4.45. The molecule has 0 radical (unpaired) electrons. The van der Waals surface area contributed by atoms with Crippen molar-refractivity contribution in [2.24, 2.45) is 4.99 Å². The van der Waals surface area contributed by atoms with E-state index in [1.807, 2.05) is 18.2 Å². The minimum absolute atomic E-state index is 0.905. The first kappa shape index (κ1) is 10.1. The Labute approximate surface area is 97.4 Å². The number of halogens is 1. The van der Waals surface area contributed by atoms with E-state index in [-0.39, 0.29) is 0 Å². The lowest BCUT2D eigenvalue weighted by atomic mass is 10.2. The lowest BCUT2D eigenvalue weighted by Gasteiger charge is -2.16. The minimum atomic E-state index is 0.905. The number of hydrogen-bond donors (Lipinski definition) is 2. The highest BCUT2D eigenvalue weighted by molar-refractivity contribution is 9.10. The van der Waals surface area contributed by atoms with E-state index in [4.69, 9.17) is 0 Å². The Bertz CT molecular complexity index is 376. The van der Waals surface area contributed by atoms with Crippen LogP contribution in [0.25, 0.3) is 0 Å². The molecule has 2 nitrogen and oxygen atoms in total. The van der Waals surface area contributed by atoms with Crippen LogP contribution in [0.4, 0.5) is 0 Å². The fraction of sp³-hybridized carbons (Fsp3) is 0.300. The summed E-state index contributed by atoms with van der Waals surface area (Å²) in [6, 6.07) is 6.01. The maximum atomic E-state index is 4.45. The predicted octanol–water partition coefficient (Wildman–Crippen LogP) is 2.48. The molecule has 1 aromatic rings. The molecule has 0 fully saturated rings. The van der Waals surface area contributed by atoms with Crippen molar-refractivity contribution in [3.63, 3.8) is 0 Å². The zero-order valence-corrected chi connectivity index (χ0v) is 10.1. The van der Waals surface area contributed by atoms with Gasteiger partial charge in [-0.1, -0.05) is 12.1 Å². The second kappa shape index (κ2) is 4.36. The van der Waals surface area contributed by atoms with Gasteiger partial charge in [0, 0.05) is 28.0 Å².